The van der Waals surface area contributed by atoms with Crippen LogP contribution in [0.25, 0.3) is 10.9 Å². The molecular weight excluding hydrogens is 505 g/mol. The Morgan fingerprint density at radius 1 is 1.18 bits per heavy atom. The molecular formula is C28H34FN5O3S. The van der Waals surface area contributed by atoms with Crippen molar-refractivity contribution in [2.75, 3.05) is 17.6 Å². The van der Waals surface area contributed by atoms with Gasteiger partial charge in [-0.1, -0.05) is 13.0 Å². The number of benzene rings is 2. The fraction of sp³-hybridized carbons (Fsp3) is 0.321. The molecule has 4 aromatic rings. The first kappa shape index (κ1) is 28.9. The number of carbonyl (C=O) groups excluding carboxylic acids is 1. The van der Waals surface area contributed by atoms with Crippen LogP contribution in [0.15, 0.2) is 66.0 Å². The molecule has 10 heteroatoms. The molecule has 4 rings (SSSR count). The largest absolute Gasteiger partial charge is 0.456 e. The molecule has 0 aliphatic rings. The number of carbonyl (C=O) groups is 1. The van der Waals surface area contributed by atoms with Gasteiger partial charge in [-0.15, -0.1) is 0 Å². The van der Waals surface area contributed by atoms with Crippen molar-refractivity contribution in [3.63, 3.8) is 0 Å². The highest BCUT2D eigenvalue weighted by molar-refractivity contribution is 7.85. The Kier molecular flexibility index (Phi) is 10.1. The van der Waals surface area contributed by atoms with Crippen molar-refractivity contribution in [2.45, 2.75) is 51.0 Å². The third-order valence-corrected chi connectivity index (χ3v) is 7.04. The van der Waals surface area contributed by atoms with Crippen LogP contribution < -0.4 is 15.8 Å². The van der Waals surface area contributed by atoms with E-state index in [0.717, 1.165) is 16.6 Å². The van der Waals surface area contributed by atoms with Gasteiger partial charge >= 0.3 is 0 Å². The minimum absolute atomic E-state index is 0.0389. The number of aryl methyl sites for hydroxylation is 1. The molecule has 0 fully saturated rings. The molecule has 0 aliphatic heterocycles. The SMILES string of the molecule is CC(C)(C)n1cc(NC=O)cn1.CCc1ccc(Oc2ccnc3ccc(S(=O)CCCN)cc23)cc1F. The summed E-state index contributed by atoms with van der Waals surface area (Å²) >= 11 is 0. The van der Waals surface area contributed by atoms with E-state index >= 15 is 0 Å². The third kappa shape index (κ3) is 7.69. The Bertz CT molecular complexity index is 1400. The van der Waals surface area contributed by atoms with Crippen molar-refractivity contribution >= 4 is 33.8 Å². The molecule has 2 aromatic heterocycles. The number of nitrogens with one attached hydrogen (secondary N) is 1. The molecule has 2 aromatic carbocycles. The van der Waals surface area contributed by atoms with Gasteiger partial charge in [0, 0.05) is 34.5 Å². The summed E-state index contributed by atoms with van der Waals surface area (Å²) in [5.74, 6) is 1.20. The van der Waals surface area contributed by atoms with Gasteiger partial charge in [0.2, 0.25) is 6.41 Å². The van der Waals surface area contributed by atoms with Gasteiger partial charge in [-0.3, -0.25) is 18.7 Å². The van der Waals surface area contributed by atoms with Crippen molar-refractivity contribution < 1.29 is 18.1 Å². The van der Waals surface area contributed by atoms with Crippen LogP contribution in [0.1, 0.15) is 39.7 Å². The zero-order valence-corrected chi connectivity index (χ0v) is 22.9. The van der Waals surface area contributed by atoms with Crippen molar-refractivity contribution in [1.82, 2.24) is 14.8 Å². The second-order valence-corrected chi connectivity index (χ2v) is 11.1. The number of hydrogen-bond donors (Lipinski definition) is 2. The molecule has 8 nitrogen and oxygen atoms in total. The summed E-state index contributed by atoms with van der Waals surface area (Å²) in [5, 5.41) is 7.38. The summed E-state index contributed by atoms with van der Waals surface area (Å²) in [6.07, 6.45) is 7.03. The lowest BCUT2D eigenvalue weighted by Crippen LogP contribution is -2.21. The van der Waals surface area contributed by atoms with E-state index in [2.05, 4.69) is 15.4 Å². The Balaban J connectivity index is 0.000000279. The summed E-state index contributed by atoms with van der Waals surface area (Å²) in [7, 11) is -1.13. The van der Waals surface area contributed by atoms with E-state index in [4.69, 9.17) is 10.5 Å². The van der Waals surface area contributed by atoms with Crippen LogP contribution in [0.2, 0.25) is 0 Å². The monoisotopic (exact) mass is 539 g/mol. The number of pyridine rings is 1. The topological polar surface area (TPSA) is 112 Å². The minimum Gasteiger partial charge on any atom is -0.456 e. The highest BCUT2D eigenvalue weighted by Gasteiger charge is 2.13. The van der Waals surface area contributed by atoms with Gasteiger partial charge in [-0.25, -0.2) is 4.39 Å². The molecule has 0 bridgehead atoms. The van der Waals surface area contributed by atoms with Crippen LogP contribution in [-0.2, 0) is 27.6 Å². The van der Waals surface area contributed by atoms with Crippen LogP contribution in [0.3, 0.4) is 0 Å². The highest BCUT2D eigenvalue weighted by Crippen LogP contribution is 2.31. The predicted molar refractivity (Wildman–Crippen MR) is 149 cm³/mol. The van der Waals surface area contributed by atoms with Crippen LogP contribution in [0.5, 0.6) is 11.5 Å². The number of hydrogen-bond acceptors (Lipinski definition) is 6. The molecule has 1 amide bonds. The fourth-order valence-electron chi connectivity index (χ4n) is 3.50. The average Bonchev–Trinajstić information content (AvgIpc) is 3.37. The summed E-state index contributed by atoms with van der Waals surface area (Å²) in [6, 6.07) is 12.0. The normalized spacial score (nSPS) is 11.9. The lowest BCUT2D eigenvalue weighted by atomic mass is 10.1. The van der Waals surface area contributed by atoms with E-state index in [1.54, 1.807) is 47.5 Å². The van der Waals surface area contributed by atoms with Gasteiger partial charge in [0.1, 0.15) is 17.3 Å². The Morgan fingerprint density at radius 2 is 1.97 bits per heavy atom. The van der Waals surface area contributed by atoms with Gasteiger partial charge in [0.15, 0.2) is 0 Å². The van der Waals surface area contributed by atoms with Crippen LogP contribution in [0.4, 0.5) is 10.1 Å². The van der Waals surface area contributed by atoms with Crippen molar-refractivity contribution in [1.29, 1.82) is 0 Å². The lowest BCUT2D eigenvalue weighted by Gasteiger charge is -2.18. The van der Waals surface area contributed by atoms with Gasteiger partial charge < -0.3 is 15.8 Å². The molecule has 0 radical (unpaired) electrons. The Labute approximate surface area is 224 Å². The van der Waals surface area contributed by atoms with Gasteiger partial charge in [0.05, 0.1) is 33.7 Å². The summed E-state index contributed by atoms with van der Waals surface area (Å²) in [4.78, 5) is 15.1. The van der Waals surface area contributed by atoms with Crippen molar-refractivity contribution in [3.05, 3.63) is 72.4 Å². The smallest absolute Gasteiger partial charge is 0.211 e. The number of nitrogens with zero attached hydrogens (tertiary/aromatic N) is 3. The van der Waals surface area contributed by atoms with E-state index in [1.165, 1.54) is 6.07 Å². The van der Waals surface area contributed by atoms with E-state index in [0.29, 0.717) is 53.5 Å². The minimum atomic E-state index is -1.13. The average molecular weight is 540 g/mol. The van der Waals surface area contributed by atoms with E-state index in [9.17, 15) is 13.4 Å². The number of amides is 1. The predicted octanol–water partition coefficient (Wildman–Crippen LogP) is 5.39. The van der Waals surface area contributed by atoms with Gasteiger partial charge in [-0.2, -0.15) is 5.10 Å². The summed E-state index contributed by atoms with van der Waals surface area (Å²) in [5.41, 5.74) is 7.55. The van der Waals surface area contributed by atoms with Gasteiger partial charge in [-0.05, 0) is 76.1 Å². The molecule has 0 spiro atoms. The molecule has 3 N–H and O–H groups in total. The number of nitrogens with two attached hydrogens (primary N) is 1. The maximum absolute atomic E-state index is 14.0. The number of fused-ring (bicyclic) bond motifs is 1. The van der Waals surface area contributed by atoms with E-state index < -0.39 is 10.8 Å². The maximum Gasteiger partial charge on any atom is 0.211 e. The lowest BCUT2D eigenvalue weighted by molar-refractivity contribution is -0.105. The van der Waals surface area contributed by atoms with Crippen LogP contribution >= 0.6 is 0 Å². The van der Waals surface area contributed by atoms with Crippen LogP contribution in [0, 0.1) is 5.82 Å². The first-order valence-electron chi connectivity index (χ1n) is 12.3. The number of halogens is 1. The third-order valence-electron chi connectivity index (χ3n) is 5.60. The molecule has 0 aliphatic carbocycles. The Morgan fingerprint density at radius 3 is 2.61 bits per heavy atom. The summed E-state index contributed by atoms with van der Waals surface area (Å²) < 4.78 is 34.1. The molecule has 1 atom stereocenters. The number of rotatable bonds is 9. The second-order valence-electron chi connectivity index (χ2n) is 9.50. The molecule has 2 heterocycles. The first-order valence-corrected chi connectivity index (χ1v) is 13.7. The molecule has 1 unspecified atom stereocenters. The maximum atomic E-state index is 14.0. The number of anilines is 1. The Hall–Kier alpha value is -3.63. The molecule has 0 saturated heterocycles. The second kappa shape index (κ2) is 13.3. The summed E-state index contributed by atoms with van der Waals surface area (Å²) in [6.45, 7) is 8.55. The number of ether oxygens (including phenoxy) is 1. The highest BCUT2D eigenvalue weighted by atomic mass is 32.2. The van der Waals surface area contributed by atoms with E-state index in [1.807, 2.05) is 39.8 Å². The first-order chi connectivity index (χ1) is 18.2. The standard InChI is InChI=1S/C20H21FN2O2S.C8H13N3O/c1-2-14-4-5-15(12-18(14)21)25-20-8-10-23-19-7-6-16(13-17(19)20)26(24)11-3-9-22;1-8(2,3)11-5-7(4-10-11)9-6-12/h4-8,10,12-13H,2-3,9,11,22H2,1H3;4-6H,1-3H3,(H,9,12). The molecule has 202 valence electrons. The zero-order chi connectivity index (χ0) is 27.7. The number of aromatic nitrogens is 3. The fourth-order valence-corrected chi connectivity index (χ4v) is 4.63. The zero-order valence-electron chi connectivity index (χ0n) is 22.1. The molecule has 0 saturated carbocycles. The van der Waals surface area contributed by atoms with Crippen LogP contribution in [-0.4, -0.2) is 37.7 Å². The molecule has 38 heavy (non-hydrogen) atoms. The van der Waals surface area contributed by atoms with Gasteiger partial charge in [0.25, 0.3) is 0 Å². The van der Waals surface area contributed by atoms with Crippen molar-refractivity contribution in [3.8, 4) is 11.5 Å². The van der Waals surface area contributed by atoms with Crippen molar-refractivity contribution in [2.24, 2.45) is 5.73 Å². The van der Waals surface area contributed by atoms with E-state index in [-0.39, 0.29) is 11.4 Å². The quantitative estimate of drug-likeness (QED) is 0.276.